The highest BCUT2D eigenvalue weighted by atomic mass is 15.3. The number of aromatic nitrogens is 1. The van der Waals surface area contributed by atoms with Gasteiger partial charge in [-0.1, -0.05) is 24.3 Å². The minimum absolute atomic E-state index is 1.08. The van der Waals surface area contributed by atoms with Gasteiger partial charge in [0.15, 0.2) is 0 Å². The third kappa shape index (κ3) is 1.11. The van der Waals surface area contributed by atoms with E-state index in [0.717, 1.165) is 11.2 Å². The molecule has 0 bridgehead atoms. The Bertz CT molecular complexity index is 453. The fourth-order valence-electron chi connectivity index (χ4n) is 1.81. The summed E-state index contributed by atoms with van der Waals surface area (Å²) in [6.45, 7) is 4.10. The Morgan fingerprint density at radius 2 is 2.00 bits per heavy atom. The van der Waals surface area contributed by atoms with E-state index in [1.54, 1.807) is 4.68 Å². The van der Waals surface area contributed by atoms with Gasteiger partial charge in [0.05, 0.1) is 11.2 Å². The molecular formula is C12H14N2. The summed E-state index contributed by atoms with van der Waals surface area (Å²) in [6.07, 6.45) is 4.04. The van der Waals surface area contributed by atoms with Crippen molar-refractivity contribution < 1.29 is 0 Å². The van der Waals surface area contributed by atoms with Crippen molar-refractivity contribution in [2.45, 2.75) is 13.8 Å². The predicted molar refractivity (Wildman–Crippen MR) is 61.5 cm³/mol. The number of nitrogens with two attached hydrogens (primary N) is 1. The van der Waals surface area contributed by atoms with E-state index in [9.17, 15) is 0 Å². The van der Waals surface area contributed by atoms with Gasteiger partial charge in [0, 0.05) is 5.39 Å². The van der Waals surface area contributed by atoms with E-state index in [2.05, 4.69) is 13.0 Å². The first-order valence-electron chi connectivity index (χ1n) is 4.73. The molecule has 72 valence electrons. The molecule has 2 N–H and O–H groups in total. The maximum atomic E-state index is 5.99. The number of fused-ring (bicyclic) bond motifs is 1. The lowest BCUT2D eigenvalue weighted by molar-refractivity contribution is 1.04. The zero-order chi connectivity index (χ0) is 10.1. The Hall–Kier alpha value is -1.70. The summed E-state index contributed by atoms with van der Waals surface area (Å²) in [5, 5.41) is 1.23. The van der Waals surface area contributed by atoms with Crippen LogP contribution in [0.2, 0.25) is 0 Å². The zero-order valence-electron chi connectivity index (χ0n) is 8.49. The lowest BCUT2D eigenvalue weighted by Crippen LogP contribution is -2.09. The molecule has 2 heteroatoms. The lowest BCUT2D eigenvalue weighted by Gasteiger charge is -1.98. The minimum Gasteiger partial charge on any atom is -0.339 e. The molecule has 14 heavy (non-hydrogen) atoms. The molecule has 1 aromatic heterocycles. The minimum atomic E-state index is 1.08. The molecule has 2 nitrogen and oxygen atoms in total. The van der Waals surface area contributed by atoms with Crippen LogP contribution in [0, 0.1) is 6.92 Å². The van der Waals surface area contributed by atoms with Gasteiger partial charge in [-0.3, -0.25) is 4.68 Å². The summed E-state index contributed by atoms with van der Waals surface area (Å²) in [7, 11) is 0. The van der Waals surface area contributed by atoms with Crippen LogP contribution in [0.4, 0.5) is 0 Å². The summed E-state index contributed by atoms with van der Waals surface area (Å²) >= 11 is 0. The van der Waals surface area contributed by atoms with Crippen molar-refractivity contribution in [3.05, 3.63) is 41.6 Å². The van der Waals surface area contributed by atoms with E-state index in [1.807, 2.05) is 37.3 Å². The van der Waals surface area contributed by atoms with E-state index in [1.165, 1.54) is 10.9 Å². The fraction of sp³-hybridized carbons (Fsp3) is 0.167. The summed E-state index contributed by atoms with van der Waals surface area (Å²) in [5.41, 5.74) is 3.40. The molecule has 0 atom stereocenters. The van der Waals surface area contributed by atoms with Gasteiger partial charge in [-0.15, -0.1) is 0 Å². The van der Waals surface area contributed by atoms with E-state index >= 15 is 0 Å². The number of benzene rings is 1. The molecule has 1 aromatic carbocycles. The third-order valence-electron chi connectivity index (χ3n) is 2.54. The van der Waals surface area contributed by atoms with E-state index in [0.29, 0.717) is 0 Å². The number of aryl methyl sites for hydroxylation is 1. The third-order valence-corrected chi connectivity index (χ3v) is 2.54. The SMILES string of the molecule is C/C=C\c1c(C)c2ccccc2n1N. The van der Waals surface area contributed by atoms with Crippen molar-refractivity contribution in [3.63, 3.8) is 0 Å². The van der Waals surface area contributed by atoms with Gasteiger partial charge in [0.2, 0.25) is 0 Å². The second-order valence-corrected chi connectivity index (χ2v) is 3.40. The summed E-state index contributed by atoms with van der Waals surface area (Å²) in [4.78, 5) is 0. The number of allylic oxidation sites excluding steroid dienone is 1. The van der Waals surface area contributed by atoms with E-state index in [4.69, 9.17) is 5.84 Å². The first-order chi connectivity index (χ1) is 6.75. The fourth-order valence-corrected chi connectivity index (χ4v) is 1.81. The number of nitrogens with zero attached hydrogens (tertiary/aromatic N) is 1. The molecule has 0 saturated heterocycles. The summed E-state index contributed by atoms with van der Waals surface area (Å²) in [5.74, 6) is 5.99. The van der Waals surface area contributed by atoms with Crippen LogP contribution in [0.3, 0.4) is 0 Å². The summed E-state index contributed by atoms with van der Waals surface area (Å²) < 4.78 is 1.74. The van der Waals surface area contributed by atoms with Gasteiger partial charge < -0.3 is 5.84 Å². The average molecular weight is 186 g/mol. The molecule has 2 aromatic rings. The monoisotopic (exact) mass is 186 g/mol. The zero-order valence-corrected chi connectivity index (χ0v) is 8.49. The Kier molecular flexibility index (Phi) is 2.04. The molecule has 0 aliphatic carbocycles. The van der Waals surface area contributed by atoms with Gasteiger partial charge in [-0.2, -0.15) is 0 Å². The number of nitrogen functional groups attached to an aromatic ring is 1. The molecule has 2 rings (SSSR count). The molecule has 0 fully saturated rings. The van der Waals surface area contributed by atoms with Crippen molar-refractivity contribution in [3.8, 4) is 0 Å². The number of para-hydroxylation sites is 1. The number of hydrogen-bond acceptors (Lipinski definition) is 1. The van der Waals surface area contributed by atoms with Crippen LogP contribution < -0.4 is 5.84 Å². The highest BCUT2D eigenvalue weighted by Gasteiger charge is 2.08. The van der Waals surface area contributed by atoms with Gasteiger partial charge in [0.25, 0.3) is 0 Å². The highest BCUT2D eigenvalue weighted by Crippen LogP contribution is 2.23. The van der Waals surface area contributed by atoms with E-state index in [-0.39, 0.29) is 0 Å². The van der Waals surface area contributed by atoms with Crippen LogP contribution in [0.15, 0.2) is 30.3 Å². The molecular weight excluding hydrogens is 172 g/mol. The van der Waals surface area contributed by atoms with Crippen molar-refractivity contribution in [2.75, 3.05) is 5.84 Å². The topological polar surface area (TPSA) is 30.9 Å². The average Bonchev–Trinajstić information content (AvgIpc) is 2.45. The van der Waals surface area contributed by atoms with Crippen molar-refractivity contribution >= 4 is 17.0 Å². The predicted octanol–water partition coefficient (Wildman–Crippen LogP) is 2.70. The highest BCUT2D eigenvalue weighted by molar-refractivity contribution is 5.87. The molecule has 0 radical (unpaired) electrons. The van der Waals surface area contributed by atoms with Crippen molar-refractivity contribution in [2.24, 2.45) is 0 Å². The molecule has 0 unspecified atom stereocenters. The standard InChI is InChI=1S/C12H14N2/c1-3-6-11-9(2)10-7-4-5-8-12(10)14(11)13/h3-8H,13H2,1-2H3/b6-3-. The molecule has 0 saturated carbocycles. The van der Waals surface area contributed by atoms with Crippen molar-refractivity contribution in [1.29, 1.82) is 0 Å². The largest absolute Gasteiger partial charge is 0.339 e. The molecule has 0 spiro atoms. The maximum Gasteiger partial charge on any atom is 0.0700 e. The second kappa shape index (κ2) is 3.22. The van der Waals surface area contributed by atoms with Gasteiger partial charge in [-0.25, -0.2) is 0 Å². The molecule has 0 amide bonds. The molecule has 0 aliphatic rings. The van der Waals surface area contributed by atoms with E-state index < -0.39 is 0 Å². The van der Waals surface area contributed by atoms with Crippen LogP contribution in [-0.2, 0) is 0 Å². The smallest absolute Gasteiger partial charge is 0.0700 e. The van der Waals surface area contributed by atoms with Crippen LogP contribution in [0.25, 0.3) is 17.0 Å². The van der Waals surface area contributed by atoms with Gasteiger partial charge in [0.1, 0.15) is 0 Å². The van der Waals surface area contributed by atoms with Crippen LogP contribution in [-0.4, -0.2) is 4.68 Å². The Labute approximate surface area is 83.6 Å². The van der Waals surface area contributed by atoms with Crippen molar-refractivity contribution in [1.82, 2.24) is 4.68 Å². The van der Waals surface area contributed by atoms with Gasteiger partial charge >= 0.3 is 0 Å². The van der Waals surface area contributed by atoms with Crippen LogP contribution in [0.1, 0.15) is 18.2 Å². The van der Waals surface area contributed by atoms with Crippen LogP contribution >= 0.6 is 0 Å². The lowest BCUT2D eigenvalue weighted by atomic mass is 10.1. The normalized spacial score (nSPS) is 11.6. The Morgan fingerprint density at radius 3 is 2.64 bits per heavy atom. The molecule has 1 heterocycles. The maximum absolute atomic E-state index is 5.99. The number of hydrogen-bond donors (Lipinski definition) is 1. The second-order valence-electron chi connectivity index (χ2n) is 3.40. The quantitative estimate of drug-likeness (QED) is 0.682. The van der Waals surface area contributed by atoms with Gasteiger partial charge in [-0.05, 0) is 31.6 Å². The Morgan fingerprint density at radius 1 is 1.29 bits per heavy atom. The van der Waals surface area contributed by atoms with Crippen LogP contribution in [0.5, 0.6) is 0 Å². The summed E-state index contributed by atoms with van der Waals surface area (Å²) in [6, 6.07) is 8.18. The Balaban J connectivity index is 2.85. The number of rotatable bonds is 1. The first-order valence-corrected chi connectivity index (χ1v) is 4.73. The molecule has 0 aliphatic heterocycles. The first kappa shape index (κ1) is 8.88.